The Hall–Kier alpha value is -2.37. The molecule has 0 fully saturated rings. The molecule has 1 aromatic heterocycles. The van der Waals surface area contributed by atoms with Gasteiger partial charge < -0.3 is 11.1 Å². The highest BCUT2D eigenvalue weighted by molar-refractivity contribution is 8.00. The molecule has 0 saturated carbocycles. The van der Waals surface area contributed by atoms with Gasteiger partial charge in [0.1, 0.15) is 23.3 Å². The van der Waals surface area contributed by atoms with Crippen LogP contribution >= 0.6 is 23.4 Å². The van der Waals surface area contributed by atoms with Crippen LogP contribution in [0.25, 0.3) is 0 Å². The van der Waals surface area contributed by atoms with E-state index in [2.05, 4.69) is 15.3 Å². The molecule has 0 aliphatic heterocycles. The number of aromatic nitrogens is 2. The number of halogens is 2. The molecule has 9 heteroatoms. The van der Waals surface area contributed by atoms with Crippen molar-refractivity contribution in [2.75, 3.05) is 11.1 Å². The molecule has 1 heterocycles. The summed E-state index contributed by atoms with van der Waals surface area (Å²) in [5, 5.41) is 11.1. The number of benzene rings is 1. The first-order valence-electron chi connectivity index (χ1n) is 6.36. The van der Waals surface area contributed by atoms with E-state index in [-0.39, 0.29) is 27.2 Å². The van der Waals surface area contributed by atoms with Crippen LogP contribution in [0.2, 0.25) is 5.02 Å². The third-order valence-corrected chi connectivity index (χ3v) is 3.97. The topological polar surface area (TPSA) is 105 Å². The second kappa shape index (κ2) is 7.26. The highest BCUT2D eigenvalue weighted by atomic mass is 35.5. The van der Waals surface area contributed by atoms with Gasteiger partial charge in [0.25, 0.3) is 0 Å². The summed E-state index contributed by atoms with van der Waals surface area (Å²) in [6.07, 6.45) is 1.29. The van der Waals surface area contributed by atoms with E-state index in [0.29, 0.717) is 0 Å². The second-order valence-corrected chi connectivity index (χ2v) is 6.18. The normalized spacial score (nSPS) is 11.6. The molecule has 0 bridgehead atoms. The Morgan fingerprint density at radius 1 is 1.57 bits per heavy atom. The molecule has 23 heavy (non-hydrogen) atoms. The first-order valence-corrected chi connectivity index (χ1v) is 7.61. The summed E-state index contributed by atoms with van der Waals surface area (Å²) in [5.74, 6) is -1.01. The van der Waals surface area contributed by atoms with Gasteiger partial charge in [-0.05, 0) is 25.1 Å². The zero-order chi connectivity index (χ0) is 17.0. The van der Waals surface area contributed by atoms with Crippen molar-refractivity contribution in [3.8, 4) is 6.07 Å². The van der Waals surface area contributed by atoms with Crippen molar-refractivity contribution >= 4 is 40.8 Å². The number of thioether (sulfide) groups is 1. The van der Waals surface area contributed by atoms with Crippen LogP contribution in [0.1, 0.15) is 12.5 Å². The van der Waals surface area contributed by atoms with Gasteiger partial charge in [-0.25, -0.2) is 14.4 Å². The minimum absolute atomic E-state index is 0.0344. The largest absolute Gasteiger partial charge is 0.382 e. The van der Waals surface area contributed by atoms with Crippen molar-refractivity contribution in [1.82, 2.24) is 9.97 Å². The summed E-state index contributed by atoms with van der Waals surface area (Å²) in [6.45, 7) is 1.62. The van der Waals surface area contributed by atoms with Crippen molar-refractivity contribution in [2.45, 2.75) is 17.3 Å². The number of rotatable bonds is 4. The van der Waals surface area contributed by atoms with Crippen LogP contribution in [0, 0.1) is 17.1 Å². The van der Waals surface area contributed by atoms with E-state index in [1.54, 1.807) is 6.92 Å². The quantitative estimate of drug-likeness (QED) is 0.648. The molecule has 0 spiro atoms. The fourth-order valence-corrected chi connectivity index (χ4v) is 2.46. The van der Waals surface area contributed by atoms with Crippen molar-refractivity contribution < 1.29 is 9.18 Å². The molecule has 0 aliphatic rings. The summed E-state index contributed by atoms with van der Waals surface area (Å²) in [7, 11) is 0. The average molecular weight is 352 g/mol. The van der Waals surface area contributed by atoms with Crippen LogP contribution in [0.4, 0.5) is 15.9 Å². The molecule has 1 atom stereocenters. The number of carbonyl (C=O) groups is 1. The van der Waals surface area contributed by atoms with Gasteiger partial charge in [-0.1, -0.05) is 23.4 Å². The summed E-state index contributed by atoms with van der Waals surface area (Å²) < 4.78 is 13.7. The Kier molecular flexibility index (Phi) is 5.36. The third-order valence-electron chi connectivity index (χ3n) is 2.76. The SMILES string of the molecule is CC(Sc1ncc(C#N)c(N)n1)C(=O)Nc1ccc(Cl)cc1F. The van der Waals surface area contributed by atoms with Crippen LogP contribution in [0.3, 0.4) is 0 Å². The lowest BCUT2D eigenvalue weighted by atomic mass is 10.3. The smallest absolute Gasteiger partial charge is 0.237 e. The Morgan fingerprint density at radius 3 is 2.91 bits per heavy atom. The highest BCUT2D eigenvalue weighted by Crippen LogP contribution is 2.24. The molecule has 3 N–H and O–H groups in total. The predicted molar refractivity (Wildman–Crippen MR) is 86.5 cm³/mol. The number of nitrogens with one attached hydrogen (secondary N) is 1. The highest BCUT2D eigenvalue weighted by Gasteiger charge is 2.18. The van der Waals surface area contributed by atoms with Crippen LogP contribution in [0.15, 0.2) is 29.6 Å². The van der Waals surface area contributed by atoms with Crippen molar-refractivity contribution in [1.29, 1.82) is 5.26 Å². The first kappa shape index (κ1) is 17.0. The number of hydrogen-bond acceptors (Lipinski definition) is 6. The van der Waals surface area contributed by atoms with Crippen molar-refractivity contribution in [3.05, 3.63) is 40.8 Å². The van der Waals surface area contributed by atoms with Gasteiger partial charge in [0.2, 0.25) is 5.91 Å². The van der Waals surface area contributed by atoms with Crippen LogP contribution in [0.5, 0.6) is 0 Å². The van der Waals surface area contributed by atoms with E-state index in [9.17, 15) is 9.18 Å². The minimum Gasteiger partial charge on any atom is -0.382 e. The Labute approximate surface area is 140 Å². The van der Waals surface area contributed by atoms with E-state index in [0.717, 1.165) is 17.8 Å². The lowest BCUT2D eigenvalue weighted by Crippen LogP contribution is -2.23. The maximum absolute atomic E-state index is 13.7. The second-order valence-electron chi connectivity index (χ2n) is 4.44. The van der Waals surface area contributed by atoms with Crippen molar-refractivity contribution in [2.24, 2.45) is 0 Å². The van der Waals surface area contributed by atoms with Crippen molar-refractivity contribution in [3.63, 3.8) is 0 Å². The Balaban J connectivity index is 2.05. The van der Waals surface area contributed by atoms with Crippen LogP contribution in [-0.4, -0.2) is 21.1 Å². The van der Waals surface area contributed by atoms with E-state index in [1.165, 1.54) is 18.3 Å². The molecule has 0 saturated heterocycles. The third kappa shape index (κ3) is 4.31. The average Bonchev–Trinajstić information content (AvgIpc) is 2.50. The van der Waals surface area contributed by atoms with Crippen LogP contribution < -0.4 is 11.1 Å². The maximum atomic E-state index is 13.7. The molecule has 0 aliphatic carbocycles. The first-order chi connectivity index (χ1) is 10.9. The summed E-state index contributed by atoms with van der Waals surface area (Å²) in [4.78, 5) is 20.0. The molecular formula is C14H11ClFN5OS. The van der Waals surface area contributed by atoms with Gasteiger partial charge in [-0.3, -0.25) is 4.79 Å². The lowest BCUT2D eigenvalue weighted by Gasteiger charge is -2.12. The van der Waals surface area contributed by atoms with E-state index >= 15 is 0 Å². The molecule has 1 amide bonds. The lowest BCUT2D eigenvalue weighted by molar-refractivity contribution is -0.115. The number of nitrogen functional groups attached to an aromatic ring is 1. The van der Waals surface area contributed by atoms with Gasteiger partial charge in [0, 0.05) is 5.02 Å². The molecule has 118 valence electrons. The molecule has 1 aromatic carbocycles. The van der Waals surface area contributed by atoms with Crippen LogP contribution in [-0.2, 0) is 4.79 Å². The zero-order valence-electron chi connectivity index (χ0n) is 11.9. The summed E-state index contributed by atoms with van der Waals surface area (Å²) in [5.41, 5.74) is 5.79. The Bertz CT molecular complexity index is 795. The van der Waals surface area contributed by atoms with Gasteiger partial charge in [-0.2, -0.15) is 5.26 Å². The number of nitrogens with zero attached hydrogens (tertiary/aromatic N) is 3. The van der Waals surface area contributed by atoms with E-state index in [4.69, 9.17) is 22.6 Å². The number of anilines is 2. The molecule has 0 radical (unpaired) electrons. The number of carbonyl (C=O) groups excluding carboxylic acids is 1. The fraction of sp³-hybridized carbons (Fsp3) is 0.143. The summed E-state index contributed by atoms with van der Waals surface area (Å²) >= 11 is 6.70. The maximum Gasteiger partial charge on any atom is 0.237 e. The number of nitriles is 1. The molecule has 1 unspecified atom stereocenters. The fourth-order valence-electron chi connectivity index (χ4n) is 1.56. The number of amides is 1. The Morgan fingerprint density at radius 2 is 2.30 bits per heavy atom. The number of nitrogens with two attached hydrogens (primary N) is 1. The van der Waals surface area contributed by atoms with Gasteiger partial charge >= 0.3 is 0 Å². The molecule has 2 aromatic rings. The van der Waals surface area contributed by atoms with E-state index in [1.807, 2.05) is 6.07 Å². The molecule has 6 nitrogen and oxygen atoms in total. The minimum atomic E-state index is -0.623. The number of hydrogen-bond donors (Lipinski definition) is 2. The van der Waals surface area contributed by atoms with E-state index < -0.39 is 17.0 Å². The summed E-state index contributed by atoms with van der Waals surface area (Å²) in [6, 6.07) is 5.81. The predicted octanol–water partition coefficient (Wildman–Crippen LogP) is 2.84. The molecular weight excluding hydrogens is 341 g/mol. The molecule has 2 rings (SSSR count). The van der Waals surface area contributed by atoms with Gasteiger partial charge in [0.05, 0.1) is 17.1 Å². The van der Waals surface area contributed by atoms with Gasteiger partial charge in [0.15, 0.2) is 5.16 Å². The standard InChI is InChI=1S/C14H11ClFN5OS/c1-7(23-14-19-6-8(5-17)12(18)21-14)13(22)20-11-3-2-9(15)4-10(11)16/h2-4,6-7H,1H3,(H,20,22)(H2,18,19,21). The zero-order valence-corrected chi connectivity index (χ0v) is 13.5. The monoisotopic (exact) mass is 351 g/mol. The van der Waals surface area contributed by atoms with Gasteiger partial charge in [-0.15, -0.1) is 0 Å².